The Morgan fingerprint density at radius 3 is 2.00 bits per heavy atom. The van der Waals surface area contributed by atoms with Gasteiger partial charge in [-0.2, -0.15) is 0 Å². The lowest BCUT2D eigenvalue weighted by molar-refractivity contribution is -0.143. The van der Waals surface area contributed by atoms with Crippen LogP contribution in [0.25, 0.3) is 0 Å². The Bertz CT molecular complexity index is 683. The van der Waals surface area contributed by atoms with Gasteiger partial charge >= 0.3 is 11.9 Å². The average Bonchev–Trinajstić information content (AvgIpc) is 2.64. The molecule has 0 saturated heterocycles. The van der Waals surface area contributed by atoms with Crippen LogP contribution in [0.2, 0.25) is 10.4 Å². The number of esters is 2. The Kier molecular flexibility index (Phi) is 21.2. The summed E-state index contributed by atoms with van der Waals surface area (Å²) in [4.78, 5) is 37.2. The van der Waals surface area contributed by atoms with Gasteiger partial charge in [0, 0.05) is 49.6 Å². The summed E-state index contributed by atoms with van der Waals surface area (Å²) in [6.45, 7) is 4.23. The molecule has 2 rings (SSSR count). The van der Waals surface area contributed by atoms with Gasteiger partial charge in [-0.05, 0) is 37.6 Å². The smallest absolute Gasteiger partial charge is 0.313 e. The molecule has 29 heavy (non-hydrogen) atoms. The lowest BCUT2D eigenvalue weighted by Gasteiger charge is -2.00. The molecule has 2 heterocycles. The van der Waals surface area contributed by atoms with E-state index in [1.807, 2.05) is 0 Å². The number of hydrogen-bond donors (Lipinski definition) is 0. The number of hydrogen-bond acceptors (Lipinski definition) is 8. The number of ether oxygens (including phenoxy) is 2. The van der Waals surface area contributed by atoms with Crippen LogP contribution >= 0.6 is 84.4 Å². The Balaban J connectivity index is 0. The molecule has 2 aromatic heterocycles. The van der Waals surface area contributed by atoms with Crippen LogP contribution < -0.4 is 0 Å². The summed E-state index contributed by atoms with van der Waals surface area (Å²) in [7, 11) is 0. The second-order valence-corrected chi connectivity index (χ2v) is 5.30. The maximum Gasteiger partial charge on any atom is 0.313 e. The zero-order valence-electron chi connectivity index (χ0n) is 15.5. The van der Waals surface area contributed by atoms with E-state index in [4.69, 9.17) is 32.7 Å². The third-order valence-corrected chi connectivity index (χ3v) is 2.99. The van der Waals surface area contributed by atoms with Crippen molar-refractivity contribution in [2.45, 2.75) is 26.7 Å². The van der Waals surface area contributed by atoms with Gasteiger partial charge in [-0.25, -0.2) is 19.9 Å². The van der Waals surface area contributed by atoms with Crippen molar-refractivity contribution >= 4 is 96.3 Å². The van der Waals surface area contributed by atoms with Gasteiger partial charge in [0.05, 0.1) is 25.3 Å². The maximum atomic E-state index is 11.0. The first kappa shape index (κ1) is 31.1. The quantitative estimate of drug-likeness (QED) is 0.177. The molecule has 13 heteroatoms. The molecule has 0 aliphatic rings. The van der Waals surface area contributed by atoms with Gasteiger partial charge in [-0.3, -0.25) is 9.59 Å². The van der Waals surface area contributed by atoms with Crippen molar-refractivity contribution < 1.29 is 19.1 Å². The van der Waals surface area contributed by atoms with Gasteiger partial charge in [-0.15, -0.1) is 24.0 Å². The fourth-order valence-electron chi connectivity index (χ4n) is 1.63. The zero-order valence-corrected chi connectivity index (χ0v) is 23.6. The Hall–Kier alpha value is -0.130. The monoisotopic (exact) mass is 782 g/mol. The lowest BCUT2D eigenvalue weighted by atomic mass is 10.3. The molecule has 2 aromatic rings. The van der Waals surface area contributed by atoms with E-state index in [0.29, 0.717) is 29.9 Å². The molecule has 162 valence electrons. The van der Waals surface area contributed by atoms with Crippen LogP contribution in [0.5, 0.6) is 0 Å². The van der Waals surface area contributed by atoms with Crippen molar-refractivity contribution in [2.75, 3.05) is 13.2 Å². The number of rotatable bonds is 6. The molecular formula is C16H19Cl2I3N4O4. The molecule has 0 aliphatic heterocycles. The van der Waals surface area contributed by atoms with Crippen LogP contribution in [-0.4, -0.2) is 45.1 Å². The molecular weight excluding hydrogens is 764 g/mol. The highest BCUT2D eigenvalue weighted by molar-refractivity contribution is 15.0. The van der Waals surface area contributed by atoms with Crippen molar-refractivity contribution in [2.24, 2.45) is 0 Å². The van der Waals surface area contributed by atoms with E-state index in [1.54, 1.807) is 26.0 Å². The lowest BCUT2D eigenvalue weighted by Crippen LogP contribution is -2.09. The molecule has 0 radical (unpaired) electrons. The van der Waals surface area contributed by atoms with E-state index in [9.17, 15) is 9.59 Å². The third-order valence-electron chi connectivity index (χ3n) is 2.59. The molecule has 0 saturated carbocycles. The topological polar surface area (TPSA) is 104 Å². The van der Waals surface area contributed by atoms with Crippen LogP contribution in [-0.2, 0) is 31.9 Å². The number of carbonyl (C=O) groups is 2. The Morgan fingerprint density at radius 1 is 0.931 bits per heavy atom. The second-order valence-electron chi connectivity index (χ2n) is 4.58. The molecule has 0 spiro atoms. The Morgan fingerprint density at radius 2 is 1.48 bits per heavy atom. The normalized spacial score (nSPS) is 8.90. The van der Waals surface area contributed by atoms with Gasteiger partial charge in [0.1, 0.15) is 17.4 Å². The first-order valence-electron chi connectivity index (χ1n) is 7.85. The van der Waals surface area contributed by atoms with Crippen molar-refractivity contribution in [3.05, 3.63) is 46.5 Å². The number of carbonyl (C=O) groups excluding carboxylic acids is 2. The number of aromatic nitrogens is 4. The average molecular weight is 783 g/mol. The fourth-order valence-corrected chi connectivity index (χ4v) is 1.95. The van der Waals surface area contributed by atoms with Gasteiger partial charge in [0.2, 0.25) is 5.28 Å². The predicted octanol–water partition coefficient (Wildman–Crippen LogP) is 4.86. The van der Waals surface area contributed by atoms with E-state index in [2.05, 4.69) is 57.2 Å². The largest absolute Gasteiger partial charge is 0.466 e. The van der Waals surface area contributed by atoms with E-state index in [1.165, 1.54) is 12.4 Å². The summed E-state index contributed by atoms with van der Waals surface area (Å²) in [5.74, 6) is -0.270. The van der Waals surface area contributed by atoms with Gasteiger partial charge in [0.15, 0.2) is 0 Å². The van der Waals surface area contributed by atoms with Crippen molar-refractivity contribution in [1.82, 2.24) is 19.9 Å². The highest BCUT2D eigenvalue weighted by Gasteiger charge is 2.06. The van der Waals surface area contributed by atoms with E-state index >= 15 is 0 Å². The fraction of sp³-hybridized carbons (Fsp3) is 0.375. The minimum atomic E-state index is -0.343. The zero-order chi connectivity index (χ0) is 21.4. The highest BCUT2D eigenvalue weighted by Crippen LogP contribution is 2.03. The molecule has 0 bridgehead atoms. The SMILES string of the molecule is CCOC(=O)Cc1ccnc(Cl)n1.CCOC(=O)Cc1nccc(Cl)n1.I.II. The number of nitrogens with zero attached hydrogens (tertiary/aromatic N) is 4. The molecule has 8 nitrogen and oxygen atoms in total. The maximum absolute atomic E-state index is 11.0. The van der Waals surface area contributed by atoms with Crippen LogP contribution in [0.1, 0.15) is 25.4 Å². The van der Waals surface area contributed by atoms with Crippen LogP contribution in [0, 0.1) is 0 Å². The minimum absolute atomic E-state index is 0. The van der Waals surface area contributed by atoms with Gasteiger partial charge in [-0.1, -0.05) is 11.6 Å². The second kappa shape index (κ2) is 19.8. The van der Waals surface area contributed by atoms with Crippen LogP contribution in [0.4, 0.5) is 0 Å². The van der Waals surface area contributed by atoms with Crippen LogP contribution in [0.3, 0.4) is 0 Å². The minimum Gasteiger partial charge on any atom is -0.466 e. The number of halogens is 5. The summed E-state index contributed by atoms with van der Waals surface area (Å²) >= 11 is 15.4. The van der Waals surface area contributed by atoms with E-state index < -0.39 is 0 Å². The summed E-state index contributed by atoms with van der Waals surface area (Å²) in [6.07, 6.45) is 3.21. The summed E-state index contributed by atoms with van der Waals surface area (Å²) in [5, 5.41) is 0.469. The molecule has 0 aliphatic carbocycles. The van der Waals surface area contributed by atoms with E-state index in [-0.39, 0.29) is 54.0 Å². The van der Waals surface area contributed by atoms with Crippen molar-refractivity contribution in [1.29, 1.82) is 0 Å². The van der Waals surface area contributed by atoms with Crippen molar-refractivity contribution in [3.8, 4) is 0 Å². The van der Waals surface area contributed by atoms with Crippen LogP contribution in [0.15, 0.2) is 24.5 Å². The summed E-state index contributed by atoms with van der Waals surface area (Å²) < 4.78 is 9.47. The van der Waals surface area contributed by atoms with Gasteiger partial charge in [0.25, 0.3) is 0 Å². The molecule has 0 aromatic carbocycles. The molecule has 0 atom stereocenters. The Labute approximate surface area is 219 Å². The molecule has 0 amide bonds. The van der Waals surface area contributed by atoms with Crippen molar-refractivity contribution in [3.63, 3.8) is 0 Å². The standard InChI is InChI=1S/2C8H9ClN2O2.I2.HI/c1-2-13-8(12)5-7-10-4-3-6(9)11-7;1-2-13-7(12)5-6-3-4-10-8(9)11-6;1-2;/h2*3-4H,2,5H2,1H3;;1H. The highest BCUT2D eigenvalue weighted by atomic mass is 128. The third kappa shape index (κ3) is 16.3. The first-order valence-corrected chi connectivity index (χ1v) is 14.9. The molecule has 0 N–H and O–H groups in total. The molecule has 0 fully saturated rings. The predicted molar refractivity (Wildman–Crippen MR) is 138 cm³/mol. The summed E-state index contributed by atoms with van der Waals surface area (Å²) in [6, 6.07) is 3.18. The van der Waals surface area contributed by atoms with Gasteiger partial charge < -0.3 is 9.47 Å². The summed E-state index contributed by atoms with van der Waals surface area (Å²) in [5.41, 5.74) is 0.568. The first-order chi connectivity index (χ1) is 13.4. The van der Waals surface area contributed by atoms with E-state index in [0.717, 1.165) is 0 Å². The molecule has 0 unspecified atom stereocenters.